The SMILES string of the molecule is Cc1ccc2c(c1)C1CC(c3ccc4ccccc4c3)=NN1C1(CCN(Cc3ccccc3)CC1)O2. The van der Waals surface area contributed by atoms with Crippen molar-refractivity contribution in [2.45, 2.75) is 44.5 Å². The summed E-state index contributed by atoms with van der Waals surface area (Å²) in [5.74, 6) is 1.04. The number of hydrogen-bond acceptors (Lipinski definition) is 4. The van der Waals surface area contributed by atoms with E-state index in [4.69, 9.17) is 9.84 Å². The summed E-state index contributed by atoms with van der Waals surface area (Å²) < 4.78 is 6.87. The third-order valence-electron chi connectivity index (χ3n) is 8.12. The van der Waals surface area contributed by atoms with Crippen molar-refractivity contribution in [3.8, 4) is 5.75 Å². The van der Waals surface area contributed by atoms with Crippen LogP contribution in [0.2, 0.25) is 0 Å². The monoisotopic (exact) mass is 473 g/mol. The molecule has 0 saturated carbocycles. The van der Waals surface area contributed by atoms with Crippen molar-refractivity contribution < 1.29 is 4.74 Å². The summed E-state index contributed by atoms with van der Waals surface area (Å²) in [6, 6.07) is 32.9. The number of aryl methyl sites for hydroxylation is 1. The number of piperidine rings is 1. The summed E-state index contributed by atoms with van der Waals surface area (Å²) in [6.45, 7) is 5.15. The van der Waals surface area contributed by atoms with Crippen LogP contribution < -0.4 is 4.74 Å². The lowest BCUT2D eigenvalue weighted by molar-refractivity contribution is -0.150. The molecule has 36 heavy (non-hydrogen) atoms. The normalized spacial score (nSPS) is 20.6. The number of rotatable bonds is 3. The zero-order chi connectivity index (χ0) is 24.1. The van der Waals surface area contributed by atoms with E-state index in [0.29, 0.717) is 0 Å². The van der Waals surface area contributed by atoms with E-state index in [1.807, 2.05) is 0 Å². The molecule has 0 radical (unpaired) electrons. The molecule has 3 aliphatic heterocycles. The van der Waals surface area contributed by atoms with Gasteiger partial charge < -0.3 is 4.74 Å². The van der Waals surface area contributed by atoms with Gasteiger partial charge in [0.25, 0.3) is 0 Å². The minimum absolute atomic E-state index is 0.218. The van der Waals surface area contributed by atoms with Crippen LogP contribution in [0, 0.1) is 6.92 Å². The van der Waals surface area contributed by atoms with E-state index in [2.05, 4.69) is 108 Å². The van der Waals surface area contributed by atoms with Crippen LogP contribution in [0.1, 0.15) is 47.6 Å². The highest BCUT2D eigenvalue weighted by atomic mass is 16.5. The third-order valence-corrected chi connectivity index (χ3v) is 8.12. The van der Waals surface area contributed by atoms with Crippen molar-refractivity contribution >= 4 is 16.5 Å². The summed E-state index contributed by atoms with van der Waals surface area (Å²) in [6.07, 6.45) is 2.80. The lowest BCUT2D eigenvalue weighted by atomic mass is 9.89. The van der Waals surface area contributed by atoms with E-state index >= 15 is 0 Å². The molecule has 1 saturated heterocycles. The number of ether oxygens (including phenoxy) is 1. The fourth-order valence-corrected chi connectivity index (χ4v) is 6.18. The van der Waals surface area contributed by atoms with Gasteiger partial charge in [-0.2, -0.15) is 5.10 Å². The van der Waals surface area contributed by atoms with Crippen LogP contribution >= 0.6 is 0 Å². The standard InChI is InChI=1S/C32H31N3O/c1-23-11-14-31-28(19-23)30-21-29(27-13-12-25-9-5-6-10-26(25)20-27)33-35(30)32(36-31)15-17-34(18-16-32)22-24-7-3-2-4-8-24/h2-14,19-20,30H,15-18,21-22H2,1H3. The molecule has 3 heterocycles. The van der Waals surface area contributed by atoms with Crippen molar-refractivity contribution in [1.82, 2.24) is 9.91 Å². The maximum Gasteiger partial charge on any atom is 0.200 e. The second kappa shape index (κ2) is 8.49. The minimum Gasteiger partial charge on any atom is -0.466 e. The fourth-order valence-electron chi connectivity index (χ4n) is 6.18. The maximum absolute atomic E-state index is 6.87. The Morgan fingerprint density at radius 2 is 1.64 bits per heavy atom. The maximum atomic E-state index is 6.87. The fraction of sp³-hybridized carbons (Fsp3) is 0.281. The van der Waals surface area contributed by atoms with E-state index in [0.717, 1.165) is 50.4 Å². The Bertz CT molecular complexity index is 1450. The number of fused-ring (bicyclic) bond motifs is 5. The van der Waals surface area contributed by atoms with Gasteiger partial charge in [-0.15, -0.1) is 0 Å². The second-order valence-corrected chi connectivity index (χ2v) is 10.5. The van der Waals surface area contributed by atoms with Crippen LogP contribution in [0.4, 0.5) is 0 Å². The average molecular weight is 474 g/mol. The molecule has 1 fully saturated rings. The van der Waals surface area contributed by atoms with Gasteiger partial charge in [-0.1, -0.05) is 84.4 Å². The minimum atomic E-state index is -0.390. The first-order valence-electron chi connectivity index (χ1n) is 13.1. The molecule has 4 heteroatoms. The molecule has 180 valence electrons. The summed E-state index contributed by atoms with van der Waals surface area (Å²) in [5, 5.41) is 10.2. The van der Waals surface area contributed by atoms with Crippen LogP contribution in [0.5, 0.6) is 5.75 Å². The lowest BCUT2D eigenvalue weighted by Crippen LogP contribution is -2.59. The third kappa shape index (κ3) is 3.68. The highest BCUT2D eigenvalue weighted by Gasteiger charge is 2.51. The first-order chi connectivity index (χ1) is 17.7. The van der Waals surface area contributed by atoms with Gasteiger partial charge >= 0.3 is 0 Å². The van der Waals surface area contributed by atoms with Gasteiger partial charge in [0.1, 0.15) is 5.75 Å². The molecular formula is C32H31N3O. The molecule has 0 aromatic heterocycles. The quantitative estimate of drug-likeness (QED) is 0.332. The van der Waals surface area contributed by atoms with Crippen molar-refractivity contribution in [3.05, 3.63) is 113 Å². The number of likely N-dealkylation sites (tertiary alicyclic amines) is 1. The summed E-state index contributed by atoms with van der Waals surface area (Å²) in [5.41, 5.74) is 5.90. The Morgan fingerprint density at radius 1 is 0.861 bits per heavy atom. The van der Waals surface area contributed by atoms with Gasteiger partial charge in [0.15, 0.2) is 0 Å². The van der Waals surface area contributed by atoms with Gasteiger partial charge in [0, 0.05) is 44.5 Å². The molecule has 3 aliphatic rings. The van der Waals surface area contributed by atoms with E-state index in [1.54, 1.807) is 0 Å². The van der Waals surface area contributed by atoms with Gasteiger partial charge in [-0.3, -0.25) is 4.90 Å². The Morgan fingerprint density at radius 3 is 2.47 bits per heavy atom. The van der Waals surface area contributed by atoms with Crippen molar-refractivity contribution in [2.75, 3.05) is 13.1 Å². The molecule has 1 unspecified atom stereocenters. The molecule has 0 N–H and O–H groups in total. The van der Waals surface area contributed by atoms with E-state index in [9.17, 15) is 0 Å². The molecule has 0 aliphatic carbocycles. The zero-order valence-corrected chi connectivity index (χ0v) is 20.7. The molecule has 1 spiro atoms. The van der Waals surface area contributed by atoms with Crippen LogP contribution in [-0.4, -0.2) is 34.4 Å². The number of nitrogens with zero attached hydrogens (tertiary/aromatic N) is 3. The Kier molecular flexibility index (Phi) is 5.10. The second-order valence-electron chi connectivity index (χ2n) is 10.5. The molecule has 0 bridgehead atoms. The number of benzene rings is 4. The van der Waals surface area contributed by atoms with Crippen LogP contribution in [0.15, 0.2) is 96.1 Å². The number of hydrogen-bond donors (Lipinski definition) is 0. The smallest absolute Gasteiger partial charge is 0.200 e. The van der Waals surface area contributed by atoms with Crippen molar-refractivity contribution in [3.63, 3.8) is 0 Å². The molecule has 4 aromatic rings. The van der Waals surface area contributed by atoms with Gasteiger partial charge in [0.05, 0.1) is 11.8 Å². The number of hydrazone groups is 1. The van der Waals surface area contributed by atoms with E-state index in [-0.39, 0.29) is 6.04 Å². The predicted molar refractivity (Wildman–Crippen MR) is 145 cm³/mol. The summed E-state index contributed by atoms with van der Waals surface area (Å²) in [7, 11) is 0. The molecule has 4 nitrogen and oxygen atoms in total. The molecular weight excluding hydrogens is 442 g/mol. The van der Waals surface area contributed by atoms with E-state index < -0.39 is 5.72 Å². The first kappa shape index (κ1) is 21.6. The molecule has 7 rings (SSSR count). The summed E-state index contributed by atoms with van der Waals surface area (Å²) >= 11 is 0. The van der Waals surface area contributed by atoms with Crippen LogP contribution in [-0.2, 0) is 6.54 Å². The van der Waals surface area contributed by atoms with Crippen molar-refractivity contribution in [2.24, 2.45) is 5.10 Å². The van der Waals surface area contributed by atoms with Crippen molar-refractivity contribution in [1.29, 1.82) is 0 Å². The Labute approximate surface area is 212 Å². The topological polar surface area (TPSA) is 28.1 Å². The van der Waals surface area contributed by atoms with E-state index in [1.165, 1.54) is 33.0 Å². The molecule has 1 atom stereocenters. The van der Waals surface area contributed by atoms with Crippen LogP contribution in [0.3, 0.4) is 0 Å². The zero-order valence-electron chi connectivity index (χ0n) is 20.7. The largest absolute Gasteiger partial charge is 0.466 e. The Hall–Kier alpha value is -3.63. The van der Waals surface area contributed by atoms with Gasteiger partial charge in [0.2, 0.25) is 5.72 Å². The summed E-state index contributed by atoms with van der Waals surface area (Å²) in [4.78, 5) is 2.55. The lowest BCUT2D eigenvalue weighted by Gasteiger charge is -2.51. The highest BCUT2D eigenvalue weighted by molar-refractivity contribution is 6.04. The van der Waals surface area contributed by atoms with Crippen LogP contribution in [0.25, 0.3) is 10.8 Å². The van der Waals surface area contributed by atoms with Gasteiger partial charge in [-0.05, 0) is 41.0 Å². The molecule has 0 amide bonds. The van der Waals surface area contributed by atoms with Gasteiger partial charge in [-0.25, -0.2) is 5.01 Å². The highest BCUT2D eigenvalue weighted by Crippen LogP contribution is 2.50. The Balaban J connectivity index is 1.22. The predicted octanol–water partition coefficient (Wildman–Crippen LogP) is 6.68. The average Bonchev–Trinajstić information content (AvgIpc) is 3.38. The first-order valence-corrected chi connectivity index (χ1v) is 13.1. The molecule has 4 aromatic carbocycles.